The van der Waals surface area contributed by atoms with E-state index in [1.54, 1.807) is 0 Å². The van der Waals surface area contributed by atoms with Crippen molar-refractivity contribution in [2.45, 2.75) is 50.9 Å². The van der Waals surface area contributed by atoms with Crippen molar-refractivity contribution in [1.82, 2.24) is 20.8 Å². The van der Waals surface area contributed by atoms with Crippen molar-refractivity contribution >= 4 is 17.7 Å². The highest BCUT2D eigenvalue weighted by Crippen LogP contribution is 2.20. The van der Waals surface area contributed by atoms with Gasteiger partial charge in [0.2, 0.25) is 17.7 Å². The van der Waals surface area contributed by atoms with E-state index in [1.807, 2.05) is 0 Å². The van der Waals surface area contributed by atoms with E-state index < -0.39 is 48.6 Å². The number of amides is 3. The van der Waals surface area contributed by atoms with Crippen molar-refractivity contribution in [3.8, 4) is 0 Å². The van der Waals surface area contributed by atoms with Crippen LogP contribution in [0, 0.1) is 0 Å². The fourth-order valence-electron chi connectivity index (χ4n) is 1.91. The smallest absolute Gasteiger partial charge is 0.316 e. The number of hydrogen-bond acceptors (Lipinski definition) is 9. The zero-order valence-corrected chi connectivity index (χ0v) is 14.5. The molecular formula is C14H24N6O6. The summed E-state index contributed by atoms with van der Waals surface area (Å²) >= 11 is 0. The largest absolute Gasteiger partial charge is 0.421 e. The number of carbonyl (C=O) groups excluding carboxylic acids is 3. The fraction of sp³-hybridized carbons (Fsp3) is 0.643. The molecule has 1 aromatic rings. The Bertz CT molecular complexity index is 633. The molecule has 0 bridgehead atoms. The molecule has 0 aromatic carbocycles. The van der Waals surface area contributed by atoms with Crippen LogP contribution in [-0.4, -0.2) is 56.9 Å². The van der Waals surface area contributed by atoms with E-state index in [2.05, 4.69) is 20.8 Å². The molecule has 0 spiro atoms. The van der Waals surface area contributed by atoms with Gasteiger partial charge in [0, 0.05) is 6.42 Å². The van der Waals surface area contributed by atoms with Crippen molar-refractivity contribution in [1.29, 1.82) is 0 Å². The van der Waals surface area contributed by atoms with Gasteiger partial charge in [0.05, 0.1) is 12.7 Å². The first-order valence-corrected chi connectivity index (χ1v) is 7.89. The summed E-state index contributed by atoms with van der Waals surface area (Å²) in [6.45, 7) is 2.09. The fourth-order valence-corrected chi connectivity index (χ4v) is 1.91. The summed E-state index contributed by atoms with van der Waals surface area (Å²) in [5.74, 6) is -1.12. The van der Waals surface area contributed by atoms with Crippen LogP contribution in [0.25, 0.3) is 0 Å². The minimum atomic E-state index is -1.08. The lowest BCUT2D eigenvalue weighted by Gasteiger charge is -2.18. The molecule has 0 fully saturated rings. The molecule has 0 radical (unpaired) electrons. The topological polar surface area (TPSA) is 207 Å². The van der Waals surface area contributed by atoms with Gasteiger partial charge in [-0.1, -0.05) is 0 Å². The molecule has 1 rings (SSSR count). The van der Waals surface area contributed by atoms with Gasteiger partial charge in [0.15, 0.2) is 5.78 Å². The number of nitrogens with one attached hydrogen (secondary N) is 2. The molecule has 2 unspecified atom stereocenters. The van der Waals surface area contributed by atoms with Gasteiger partial charge in [-0.05, 0) is 20.3 Å². The van der Waals surface area contributed by atoms with Gasteiger partial charge in [0.1, 0.15) is 18.1 Å². The van der Waals surface area contributed by atoms with Crippen molar-refractivity contribution < 1.29 is 29.0 Å². The second-order valence-electron chi connectivity index (χ2n) is 5.77. The molecular weight excluding hydrogens is 348 g/mol. The molecule has 0 aliphatic carbocycles. The van der Waals surface area contributed by atoms with Crippen LogP contribution in [0.1, 0.15) is 50.6 Å². The average molecular weight is 372 g/mol. The number of primary amides is 1. The van der Waals surface area contributed by atoms with Crippen LogP contribution in [0.3, 0.4) is 0 Å². The van der Waals surface area contributed by atoms with Gasteiger partial charge >= 0.3 is 6.03 Å². The van der Waals surface area contributed by atoms with Crippen LogP contribution in [0.15, 0.2) is 4.42 Å². The van der Waals surface area contributed by atoms with Gasteiger partial charge < -0.3 is 36.7 Å². The van der Waals surface area contributed by atoms with E-state index >= 15 is 0 Å². The molecule has 12 nitrogen and oxygen atoms in total. The van der Waals surface area contributed by atoms with E-state index in [1.165, 1.54) is 13.8 Å². The van der Waals surface area contributed by atoms with Gasteiger partial charge in [-0.3, -0.25) is 9.59 Å². The number of nitrogens with zero attached hydrogens (tertiary/aromatic N) is 2. The number of carbonyl (C=O) groups is 3. The second kappa shape index (κ2) is 9.79. The molecule has 0 aliphatic heterocycles. The van der Waals surface area contributed by atoms with E-state index in [0.29, 0.717) is 0 Å². The molecule has 0 saturated carbocycles. The Hall–Kier alpha value is -2.57. The number of ketones is 1. The van der Waals surface area contributed by atoms with E-state index in [9.17, 15) is 19.5 Å². The highest BCUT2D eigenvalue weighted by Gasteiger charge is 2.26. The number of aliphatic hydroxyl groups is 2. The maximum Gasteiger partial charge on any atom is 0.316 e. The standard InChI is InChI=1S/C14H24N6O6/c1-6(22)9(5-21)18-14(25)17-8(3-4-10(15)24)12-19-20-13(26-12)11(16)7(2)23/h7-9,11,21,23H,3-5,16H2,1-2H3,(H2,15,24)(H2,17,18,25)/t7?,8?,9-,11-/m0/s1. The molecule has 8 N–H and O–H groups in total. The predicted molar refractivity (Wildman–Crippen MR) is 87.3 cm³/mol. The number of aliphatic hydroxyl groups excluding tert-OH is 2. The predicted octanol–water partition coefficient (Wildman–Crippen LogP) is -1.99. The molecule has 12 heteroatoms. The van der Waals surface area contributed by atoms with Gasteiger partial charge in [-0.25, -0.2) is 4.79 Å². The van der Waals surface area contributed by atoms with Gasteiger partial charge in [-0.15, -0.1) is 10.2 Å². The Kier molecular flexibility index (Phi) is 8.09. The summed E-state index contributed by atoms with van der Waals surface area (Å²) in [6, 6.07) is -3.67. The molecule has 0 aliphatic rings. The SMILES string of the molecule is CC(=O)[C@H](CO)NC(=O)NC(CCC(N)=O)c1nnc([C@@H](N)C(C)O)o1. The number of rotatable bonds is 10. The van der Waals surface area contributed by atoms with Crippen LogP contribution in [0.5, 0.6) is 0 Å². The summed E-state index contributed by atoms with van der Waals surface area (Å²) < 4.78 is 5.36. The van der Waals surface area contributed by atoms with Crippen molar-refractivity contribution in [3.05, 3.63) is 11.8 Å². The lowest BCUT2D eigenvalue weighted by molar-refractivity contribution is -0.119. The number of aromatic nitrogens is 2. The minimum Gasteiger partial charge on any atom is -0.421 e. The van der Waals surface area contributed by atoms with E-state index in [4.69, 9.17) is 21.0 Å². The average Bonchev–Trinajstić information content (AvgIpc) is 3.04. The van der Waals surface area contributed by atoms with Gasteiger partial charge in [-0.2, -0.15) is 0 Å². The lowest BCUT2D eigenvalue weighted by atomic mass is 10.1. The third-order valence-corrected chi connectivity index (χ3v) is 3.52. The van der Waals surface area contributed by atoms with Gasteiger partial charge in [0.25, 0.3) is 0 Å². The van der Waals surface area contributed by atoms with E-state index in [-0.39, 0.29) is 24.6 Å². The van der Waals surface area contributed by atoms with Crippen molar-refractivity contribution in [3.63, 3.8) is 0 Å². The highest BCUT2D eigenvalue weighted by atomic mass is 16.4. The van der Waals surface area contributed by atoms with Crippen LogP contribution in [0.4, 0.5) is 4.79 Å². The molecule has 3 amide bonds. The summed E-state index contributed by atoms with van der Waals surface area (Å²) in [5, 5.41) is 30.8. The summed E-state index contributed by atoms with van der Waals surface area (Å²) in [5.41, 5.74) is 10.8. The summed E-state index contributed by atoms with van der Waals surface area (Å²) in [6.07, 6.45) is -0.969. The van der Waals surface area contributed by atoms with Crippen LogP contribution >= 0.6 is 0 Å². The first kappa shape index (κ1) is 21.5. The Morgan fingerprint density at radius 2 is 1.85 bits per heavy atom. The van der Waals surface area contributed by atoms with Crippen LogP contribution < -0.4 is 22.1 Å². The minimum absolute atomic E-state index is 0.0433. The van der Waals surface area contributed by atoms with Crippen molar-refractivity contribution in [2.75, 3.05) is 6.61 Å². The quantitative estimate of drug-likeness (QED) is 0.268. The molecule has 26 heavy (non-hydrogen) atoms. The number of hydrogen-bond donors (Lipinski definition) is 6. The maximum atomic E-state index is 12.0. The third kappa shape index (κ3) is 6.38. The van der Waals surface area contributed by atoms with Crippen LogP contribution in [0.2, 0.25) is 0 Å². The summed E-state index contributed by atoms with van der Waals surface area (Å²) in [4.78, 5) is 34.4. The molecule has 146 valence electrons. The highest BCUT2D eigenvalue weighted by molar-refractivity contribution is 5.87. The summed E-state index contributed by atoms with van der Waals surface area (Å²) in [7, 11) is 0. The normalized spacial score (nSPS) is 15.6. The monoisotopic (exact) mass is 372 g/mol. The molecule has 4 atom stereocenters. The Balaban J connectivity index is 2.89. The molecule has 0 saturated heterocycles. The third-order valence-electron chi connectivity index (χ3n) is 3.52. The van der Waals surface area contributed by atoms with Crippen LogP contribution in [-0.2, 0) is 9.59 Å². The number of nitrogens with two attached hydrogens (primary N) is 2. The Morgan fingerprint density at radius 3 is 2.35 bits per heavy atom. The first-order valence-electron chi connectivity index (χ1n) is 7.89. The zero-order chi connectivity index (χ0) is 19.9. The Labute approximate surface area is 149 Å². The van der Waals surface area contributed by atoms with E-state index in [0.717, 1.165) is 0 Å². The number of urea groups is 1. The van der Waals surface area contributed by atoms with Crippen molar-refractivity contribution in [2.24, 2.45) is 11.5 Å². The molecule has 1 heterocycles. The first-order chi connectivity index (χ1) is 12.1. The lowest BCUT2D eigenvalue weighted by Crippen LogP contribution is -2.48. The molecule has 1 aromatic heterocycles. The zero-order valence-electron chi connectivity index (χ0n) is 14.5. The number of Topliss-reactive ketones (excluding diaryl/α,β-unsaturated/α-hetero) is 1. The Morgan fingerprint density at radius 1 is 1.23 bits per heavy atom. The maximum absolute atomic E-state index is 12.0. The second-order valence-corrected chi connectivity index (χ2v) is 5.77.